The van der Waals surface area contributed by atoms with Gasteiger partial charge in [0.2, 0.25) is 0 Å². The first kappa shape index (κ1) is 24.3. The Labute approximate surface area is 202 Å². The van der Waals surface area contributed by atoms with E-state index in [1.165, 1.54) is 24.8 Å². The molecular formula is C30H50O3. The van der Waals surface area contributed by atoms with Gasteiger partial charge >= 0.3 is 0 Å². The number of fused-ring (bicyclic) bond motifs is 6. The van der Waals surface area contributed by atoms with E-state index in [1.807, 2.05) is 0 Å². The van der Waals surface area contributed by atoms with Crippen LogP contribution in [0.3, 0.4) is 0 Å². The predicted molar refractivity (Wildman–Crippen MR) is 134 cm³/mol. The Morgan fingerprint density at radius 1 is 0.758 bits per heavy atom. The smallest absolute Gasteiger partial charge is 0.0664 e. The average Bonchev–Trinajstić information content (AvgIpc) is 2.71. The van der Waals surface area contributed by atoms with E-state index in [2.05, 4.69) is 48.5 Å². The molecule has 8 atom stereocenters. The van der Waals surface area contributed by atoms with E-state index in [0.717, 1.165) is 44.9 Å². The lowest BCUT2D eigenvalue weighted by molar-refractivity contribution is -0.211. The van der Waals surface area contributed by atoms with Crippen LogP contribution in [0, 0.1) is 44.3 Å². The fourth-order valence-electron chi connectivity index (χ4n) is 10.7. The van der Waals surface area contributed by atoms with Crippen molar-refractivity contribution in [3.05, 3.63) is 11.1 Å². The highest BCUT2D eigenvalue weighted by molar-refractivity contribution is 5.40. The van der Waals surface area contributed by atoms with E-state index in [1.54, 1.807) is 5.57 Å². The minimum absolute atomic E-state index is 0.00899. The highest BCUT2D eigenvalue weighted by atomic mass is 16.3. The lowest BCUT2D eigenvalue weighted by Crippen LogP contribution is -2.65. The fourth-order valence-corrected chi connectivity index (χ4v) is 10.7. The standard InChI is InChI=1S/C30H50O3/c1-25(2)14-15-30(18-31)20(16-25)19-8-9-22-27(5)12-11-23(32)26(3,4)21(27)10-13-28(22,6)29(19,7)17-24(30)33/h21-24,31-33H,8-18H2,1-7H3. The minimum atomic E-state index is -0.451. The Morgan fingerprint density at radius 2 is 1.45 bits per heavy atom. The molecule has 0 amide bonds. The van der Waals surface area contributed by atoms with E-state index >= 15 is 0 Å². The molecule has 8 unspecified atom stereocenters. The monoisotopic (exact) mass is 458 g/mol. The molecule has 188 valence electrons. The van der Waals surface area contributed by atoms with Gasteiger partial charge in [-0.1, -0.05) is 59.6 Å². The molecule has 3 N–H and O–H groups in total. The van der Waals surface area contributed by atoms with Crippen molar-refractivity contribution >= 4 is 0 Å². The molecule has 4 saturated carbocycles. The molecule has 0 aromatic heterocycles. The van der Waals surface area contributed by atoms with Crippen molar-refractivity contribution < 1.29 is 15.3 Å². The van der Waals surface area contributed by atoms with Gasteiger partial charge in [-0.2, -0.15) is 0 Å². The maximum absolute atomic E-state index is 11.7. The highest BCUT2D eigenvalue weighted by Gasteiger charge is 2.68. The number of allylic oxidation sites excluding steroid dienone is 1. The SMILES string of the molecule is CC1(C)CCC2(CO)C(=C3CCC4C5(C)CCC(O)C(C)(C)C5CCC4(C)C3(C)CC2O)C1. The molecular weight excluding hydrogens is 408 g/mol. The van der Waals surface area contributed by atoms with Gasteiger partial charge in [0.05, 0.1) is 18.8 Å². The first-order valence-electron chi connectivity index (χ1n) is 13.9. The van der Waals surface area contributed by atoms with Crippen LogP contribution in [0.25, 0.3) is 0 Å². The summed E-state index contributed by atoms with van der Waals surface area (Å²) in [5, 5.41) is 33.3. The summed E-state index contributed by atoms with van der Waals surface area (Å²) in [6.07, 6.45) is 9.93. The summed E-state index contributed by atoms with van der Waals surface area (Å²) in [4.78, 5) is 0. The number of hydrogen-bond acceptors (Lipinski definition) is 3. The highest BCUT2D eigenvalue weighted by Crippen LogP contribution is 2.75. The van der Waals surface area contributed by atoms with Gasteiger partial charge in [-0.15, -0.1) is 0 Å². The van der Waals surface area contributed by atoms with Crippen molar-refractivity contribution in [3.8, 4) is 0 Å². The van der Waals surface area contributed by atoms with Gasteiger partial charge < -0.3 is 15.3 Å². The molecule has 0 spiro atoms. The minimum Gasteiger partial charge on any atom is -0.395 e. The molecule has 33 heavy (non-hydrogen) atoms. The van der Waals surface area contributed by atoms with Crippen LogP contribution in [0.5, 0.6) is 0 Å². The van der Waals surface area contributed by atoms with Gasteiger partial charge in [0, 0.05) is 5.41 Å². The first-order valence-corrected chi connectivity index (χ1v) is 13.9. The van der Waals surface area contributed by atoms with Gasteiger partial charge in [-0.05, 0) is 103 Å². The Balaban J connectivity index is 1.63. The second kappa shape index (κ2) is 7.10. The number of aliphatic hydroxyl groups excluding tert-OH is 3. The number of hydrogen-bond donors (Lipinski definition) is 3. The molecule has 5 rings (SSSR count). The van der Waals surface area contributed by atoms with Gasteiger partial charge in [0.15, 0.2) is 0 Å². The lowest BCUT2D eigenvalue weighted by Gasteiger charge is -2.71. The van der Waals surface area contributed by atoms with Crippen LogP contribution in [0.2, 0.25) is 0 Å². The van der Waals surface area contributed by atoms with Crippen LogP contribution in [0.4, 0.5) is 0 Å². The third kappa shape index (κ3) is 2.91. The molecule has 5 aliphatic carbocycles. The van der Waals surface area contributed by atoms with Crippen LogP contribution in [-0.2, 0) is 0 Å². The molecule has 4 fully saturated rings. The Bertz CT molecular complexity index is 857. The summed E-state index contributed by atoms with van der Waals surface area (Å²) in [5.74, 6) is 1.18. The molecule has 0 aliphatic heterocycles. The van der Waals surface area contributed by atoms with Crippen molar-refractivity contribution in [3.63, 3.8) is 0 Å². The van der Waals surface area contributed by atoms with Crippen LogP contribution in [-0.4, -0.2) is 34.1 Å². The van der Waals surface area contributed by atoms with E-state index in [4.69, 9.17) is 0 Å². The van der Waals surface area contributed by atoms with Crippen molar-refractivity contribution in [1.29, 1.82) is 0 Å². The maximum atomic E-state index is 11.7. The van der Waals surface area contributed by atoms with E-state index < -0.39 is 11.5 Å². The molecule has 0 radical (unpaired) electrons. The molecule has 0 aromatic rings. The van der Waals surface area contributed by atoms with Crippen molar-refractivity contribution in [1.82, 2.24) is 0 Å². The van der Waals surface area contributed by atoms with Gasteiger partial charge in [-0.25, -0.2) is 0 Å². The molecule has 0 aromatic carbocycles. The van der Waals surface area contributed by atoms with Crippen LogP contribution < -0.4 is 0 Å². The maximum Gasteiger partial charge on any atom is 0.0664 e. The molecule has 3 heteroatoms. The number of aliphatic hydroxyl groups is 3. The Morgan fingerprint density at radius 3 is 2.12 bits per heavy atom. The van der Waals surface area contributed by atoms with Crippen LogP contribution in [0.1, 0.15) is 113 Å². The molecule has 0 saturated heterocycles. The fraction of sp³-hybridized carbons (Fsp3) is 0.933. The molecule has 3 nitrogen and oxygen atoms in total. The van der Waals surface area contributed by atoms with Crippen molar-refractivity contribution in [2.45, 2.75) is 125 Å². The topological polar surface area (TPSA) is 60.7 Å². The van der Waals surface area contributed by atoms with Crippen LogP contribution in [0.15, 0.2) is 11.1 Å². The Hall–Kier alpha value is -0.380. The lowest BCUT2D eigenvalue weighted by atomic mass is 9.34. The van der Waals surface area contributed by atoms with E-state index in [-0.39, 0.29) is 39.8 Å². The third-order valence-electron chi connectivity index (χ3n) is 13.0. The van der Waals surface area contributed by atoms with Gasteiger partial charge in [-0.3, -0.25) is 0 Å². The van der Waals surface area contributed by atoms with Gasteiger partial charge in [0.1, 0.15) is 0 Å². The van der Waals surface area contributed by atoms with E-state index in [0.29, 0.717) is 11.8 Å². The molecule has 5 aliphatic rings. The summed E-state index contributed by atoms with van der Waals surface area (Å²) in [6.45, 7) is 17.0. The Kier molecular flexibility index (Phi) is 5.23. The average molecular weight is 459 g/mol. The largest absolute Gasteiger partial charge is 0.395 e. The summed E-state index contributed by atoms with van der Waals surface area (Å²) < 4.78 is 0. The summed E-state index contributed by atoms with van der Waals surface area (Å²) >= 11 is 0. The molecule has 0 heterocycles. The second-order valence-corrected chi connectivity index (χ2v) is 15.1. The first-order chi connectivity index (χ1) is 15.2. The normalized spacial score (nSPS) is 52.9. The van der Waals surface area contributed by atoms with Crippen molar-refractivity contribution in [2.24, 2.45) is 44.3 Å². The zero-order valence-electron chi connectivity index (χ0n) is 22.4. The summed E-state index contributed by atoms with van der Waals surface area (Å²) in [5.41, 5.74) is 3.25. The molecule has 0 bridgehead atoms. The van der Waals surface area contributed by atoms with Crippen LogP contribution >= 0.6 is 0 Å². The zero-order valence-corrected chi connectivity index (χ0v) is 22.4. The second-order valence-electron chi connectivity index (χ2n) is 15.1. The number of rotatable bonds is 1. The zero-order chi connectivity index (χ0) is 24.2. The van der Waals surface area contributed by atoms with E-state index in [9.17, 15) is 15.3 Å². The summed E-state index contributed by atoms with van der Waals surface area (Å²) in [6, 6.07) is 0. The third-order valence-corrected chi connectivity index (χ3v) is 13.0. The van der Waals surface area contributed by atoms with Gasteiger partial charge in [0.25, 0.3) is 0 Å². The summed E-state index contributed by atoms with van der Waals surface area (Å²) in [7, 11) is 0. The quantitative estimate of drug-likeness (QED) is 0.407. The predicted octanol–water partition coefficient (Wildman–Crippen LogP) is 6.26. The van der Waals surface area contributed by atoms with Crippen molar-refractivity contribution in [2.75, 3.05) is 6.61 Å².